The first-order valence-electron chi connectivity index (χ1n) is 16.5. The number of thioether (sulfide) groups is 1. The first kappa shape index (κ1) is 40.0. The summed E-state index contributed by atoms with van der Waals surface area (Å²) in [5, 5.41) is 15.1. The van der Waals surface area contributed by atoms with Crippen LogP contribution < -0.4 is 4.74 Å². The third-order valence-electron chi connectivity index (χ3n) is 9.07. The summed E-state index contributed by atoms with van der Waals surface area (Å²) in [6.07, 6.45) is 10.6. The lowest BCUT2D eigenvalue weighted by Gasteiger charge is -2.56. The van der Waals surface area contributed by atoms with Crippen LogP contribution in [0, 0.1) is 36.0 Å². The number of hydrogen-bond acceptors (Lipinski definition) is 5. The van der Waals surface area contributed by atoms with Crippen LogP contribution in [0.3, 0.4) is 0 Å². The van der Waals surface area contributed by atoms with Gasteiger partial charge in [0.2, 0.25) is 0 Å². The van der Waals surface area contributed by atoms with Crippen LogP contribution >= 0.6 is 11.8 Å². The Morgan fingerprint density at radius 2 is 1.61 bits per heavy atom. The molecule has 4 nitrogen and oxygen atoms in total. The zero-order valence-electron chi connectivity index (χ0n) is 28.9. The summed E-state index contributed by atoms with van der Waals surface area (Å²) in [7, 11) is 1.00. The zero-order chi connectivity index (χ0) is 31.8. The molecule has 2 saturated carbocycles. The van der Waals surface area contributed by atoms with Gasteiger partial charge >= 0.3 is 5.97 Å². The molecule has 0 aromatic heterocycles. The van der Waals surface area contributed by atoms with Gasteiger partial charge in [-0.3, -0.25) is 4.79 Å². The van der Waals surface area contributed by atoms with Crippen LogP contribution in [0.15, 0.2) is 12.1 Å². The maximum Gasteiger partial charge on any atom is 0.321 e. The number of carbonyl (C=O) groups excluding carboxylic acids is 1. The molecule has 5 heteroatoms. The predicted molar refractivity (Wildman–Crippen MR) is 180 cm³/mol. The maximum absolute atomic E-state index is 12.4. The predicted octanol–water partition coefficient (Wildman–Crippen LogP) is 9.40. The van der Waals surface area contributed by atoms with Crippen molar-refractivity contribution in [2.75, 3.05) is 25.2 Å². The van der Waals surface area contributed by atoms with Crippen LogP contribution in [-0.4, -0.2) is 41.4 Å². The van der Waals surface area contributed by atoms with E-state index in [1.807, 2.05) is 41.5 Å². The second kappa shape index (κ2) is 20.0. The molecule has 0 bridgehead atoms. The van der Waals surface area contributed by atoms with E-state index in [1.165, 1.54) is 49.7 Å². The van der Waals surface area contributed by atoms with Gasteiger partial charge in [-0.15, -0.1) is 0 Å². The molecule has 3 aliphatic carbocycles. The lowest BCUT2D eigenvalue weighted by Crippen LogP contribution is -2.50. The Kier molecular flexibility index (Phi) is 19.5. The highest BCUT2D eigenvalue weighted by Crippen LogP contribution is 2.64. The molecule has 2 N–H and O–H groups in total. The van der Waals surface area contributed by atoms with E-state index in [1.54, 1.807) is 17.3 Å². The van der Waals surface area contributed by atoms with E-state index in [0.717, 1.165) is 43.3 Å². The van der Waals surface area contributed by atoms with Crippen molar-refractivity contribution in [1.82, 2.24) is 0 Å². The number of benzene rings is 1. The first-order chi connectivity index (χ1) is 19.5. The van der Waals surface area contributed by atoms with E-state index in [9.17, 15) is 4.79 Å². The molecule has 0 amide bonds. The van der Waals surface area contributed by atoms with Gasteiger partial charge in [-0.25, -0.2) is 0 Å². The van der Waals surface area contributed by atoms with E-state index in [4.69, 9.17) is 14.9 Å². The number of aliphatic hydroxyl groups excluding tert-OH is 2. The fraction of sp³-hybridized carbons (Fsp3) is 0.806. The highest BCUT2D eigenvalue weighted by molar-refractivity contribution is 7.99. The van der Waals surface area contributed by atoms with E-state index >= 15 is 0 Å². The highest BCUT2D eigenvalue weighted by Gasteiger charge is 2.57. The minimum absolute atomic E-state index is 0.107. The van der Waals surface area contributed by atoms with Gasteiger partial charge in [-0.2, -0.15) is 11.8 Å². The van der Waals surface area contributed by atoms with E-state index in [2.05, 4.69) is 46.8 Å². The molecule has 240 valence electrons. The van der Waals surface area contributed by atoms with Crippen LogP contribution in [0.2, 0.25) is 0 Å². The van der Waals surface area contributed by atoms with Crippen LogP contribution in [0.25, 0.3) is 0 Å². The van der Waals surface area contributed by atoms with Gasteiger partial charge in [0, 0.05) is 13.7 Å². The topological polar surface area (TPSA) is 66.8 Å². The molecule has 4 unspecified atom stereocenters. The molecule has 1 aromatic carbocycles. The fourth-order valence-corrected chi connectivity index (χ4v) is 8.22. The molecule has 0 spiro atoms. The average molecular weight is 595 g/mol. The number of rotatable bonds is 7. The van der Waals surface area contributed by atoms with E-state index in [-0.39, 0.29) is 11.4 Å². The summed E-state index contributed by atoms with van der Waals surface area (Å²) >= 11 is 1.69. The smallest absolute Gasteiger partial charge is 0.321 e. The standard InChI is InChI=1S/C27H40O2S.C4H10O.2C2H6.CH4O/c1-18(2)10-13-30-17-24(28)29-22-14-19(3)25-20(15-22)16-23-26(4)11-7-6-8-21(26)9-12-27(23,25)5;1-4(2)3-5;3*1-2/h14-15,18,21,23H,6-13,16-17H2,1-5H3;4-5H,3H2,1-2H3;2*1-2H3;2H,1H3. The molecule has 0 aliphatic heterocycles. The molecule has 0 saturated heterocycles. The van der Waals surface area contributed by atoms with Crippen LogP contribution in [0.5, 0.6) is 5.75 Å². The SMILES string of the molecule is CC.CC.CC(C)CO.CO.Cc1cc(OC(=O)CSCCC(C)C)cc2c1C1(C)CCC3CCCCC3(C)C1C2. The summed E-state index contributed by atoms with van der Waals surface area (Å²) in [6, 6.07) is 4.32. The Morgan fingerprint density at radius 1 is 1.00 bits per heavy atom. The minimum atomic E-state index is -0.107. The van der Waals surface area contributed by atoms with Crippen molar-refractivity contribution >= 4 is 17.7 Å². The summed E-state index contributed by atoms with van der Waals surface area (Å²) in [5.74, 6) is 4.88. The second-order valence-corrected chi connectivity index (χ2v) is 13.8. The van der Waals surface area contributed by atoms with Crippen LogP contribution in [0.1, 0.15) is 131 Å². The number of esters is 1. The van der Waals surface area contributed by atoms with Gasteiger partial charge < -0.3 is 14.9 Å². The Labute approximate surface area is 258 Å². The summed E-state index contributed by atoms with van der Waals surface area (Å²) < 4.78 is 5.79. The fourth-order valence-electron chi connectivity index (χ4n) is 7.21. The quantitative estimate of drug-likeness (QED) is 0.187. The maximum atomic E-state index is 12.4. The Bertz CT molecular complexity index is 867. The molecule has 0 heterocycles. The van der Waals surface area contributed by atoms with Crippen molar-refractivity contribution in [2.45, 2.75) is 133 Å². The summed E-state index contributed by atoms with van der Waals surface area (Å²) in [4.78, 5) is 12.4. The van der Waals surface area contributed by atoms with Crippen molar-refractivity contribution in [3.05, 3.63) is 28.8 Å². The van der Waals surface area contributed by atoms with Gasteiger partial charge in [0.1, 0.15) is 5.75 Å². The third kappa shape index (κ3) is 10.9. The van der Waals surface area contributed by atoms with Crippen molar-refractivity contribution in [1.29, 1.82) is 0 Å². The number of carbonyl (C=O) groups is 1. The van der Waals surface area contributed by atoms with Gasteiger partial charge in [0.25, 0.3) is 0 Å². The number of hydrogen-bond donors (Lipinski definition) is 2. The highest BCUT2D eigenvalue weighted by atomic mass is 32.2. The number of fused-ring (bicyclic) bond motifs is 5. The van der Waals surface area contributed by atoms with Gasteiger partial charge in [-0.05, 0) is 115 Å². The molecule has 3 aliphatic rings. The lowest BCUT2D eigenvalue weighted by molar-refractivity contribution is -0.131. The largest absolute Gasteiger partial charge is 0.426 e. The molecule has 4 atom stereocenters. The van der Waals surface area contributed by atoms with Gasteiger partial charge in [0.15, 0.2) is 0 Å². The molecule has 4 rings (SSSR count). The molecule has 0 radical (unpaired) electrons. The van der Waals surface area contributed by atoms with Crippen molar-refractivity contribution in [3.8, 4) is 5.75 Å². The molecule has 2 fully saturated rings. The monoisotopic (exact) mass is 594 g/mol. The van der Waals surface area contributed by atoms with Gasteiger partial charge in [-0.1, -0.05) is 82.1 Å². The van der Waals surface area contributed by atoms with Crippen LogP contribution in [0.4, 0.5) is 0 Å². The average Bonchev–Trinajstić information content (AvgIpc) is 3.28. The Balaban J connectivity index is 0.00000128. The van der Waals surface area contributed by atoms with E-state index < -0.39 is 0 Å². The lowest BCUT2D eigenvalue weighted by atomic mass is 9.48. The molecule has 41 heavy (non-hydrogen) atoms. The van der Waals surface area contributed by atoms with E-state index in [0.29, 0.717) is 29.6 Å². The second-order valence-electron chi connectivity index (χ2n) is 12.7. The van der Waals surface area contributed by atoms with Crippen molar-refractivity contribution in [2.24, 2.45) is 29.1 Å². The minimum Gasteiger partial charge on any atom is -0.426 e. The van der Waals surface area contributed by atoms with Gasteiger partial charge in [0.05, 0.1) is 5.75 Å². The molecular weight excluding hydrogens is 528 g/mol. The van der Waals surface area contributed by atoms with Crippen molar-refractivity contribution in [3.63, 3.8) is 0 Å². The van der Waals surface area contributed by atoms with Crippen molar-refractivity contribution < 1.29 is 19.7 Å². The zero-order valence-corrected chi connectivity index (χ0v) is 29.7. The Morgan fingerprint density at radius 3 is 2.17 bits per heavy atom. The normalized spacial score (nSPS) is 25.4. The molecule has 1 aromatic rings. The number of ether oxygens (including phenoxy) is 1. The summed E-state index contributed by atoms with van der Waals surface area (Å²) in [5.41, 5.74) is 5.11. The third-order valence-corrected chi connectivity index (χ3v) is 10.0. The summed E-state index contributed by atoms with van der Waals surface area (Å²) in [6.45, 7) is 24.1. The number of aliphatic hydroxyl groups is 2. The Hall–Kier alpha value is -1.04. The number of aryl methyl sites for hydroxylation is 1. The molecular formula is C36H66O4S. The van der Waals surface area contributed by atoms with Crippen LogP contribution in [-0.2, 0) is 16.6 Å². The first-order valence-corrected chi connectivity index (χ1v) is 17.6.